The summed E-state index contributed by atoms with van der Waals surface area (Å²) in [6.07, 6.45) is 6.16. The first-order valence-corrected chi connectivity index (χ1v) is 9.25. The monoisotopic (exact) mass is 389 g/mol. The van der Waals surface area contributed by atoms with Gasteiger partial charge in [0.1, 0.15) is 10.7 Å². The number of hydrazine groups is 1. The highest BCUT2D eigenvalue weighted by Gasteiger charge is 2.07. The van der Waals surface area contributed by atoms with Crippen molar-refractivity contribution in [2.45, 2.75) is 32.7 Å². The summed E-state index contributed by atoms with van der Waals surface area (Å²) in [7, 11) is 0. The van der Waals surface area contributed by atoms with Crippen LogP contribution < -0.4 is 16.9 Å². The molecule has 0 radical (unpaired) electrons. The molecule has 0 bridgehead atoms. The second-order valence-electron chi connectivity index (χ2n) is 5.92. The molecule has 2 rings (SSSR count). The van der Waals surface area contributed by atoms with E-state index in [9.17, 15) is 9.59 Å². The molecule has 2 heterocycles. The Bertz CT molecular complexity index is 789. The number of carbonyl (C=O) groups is 2. The fourth-order valence-corrected chi connectivity index (χ4v) is 2.87. The van der Waals surface area contributed by atoms with Gasteiger partial charge in [0.05, 0.1) is 0 Å². The minimum atomic E-state index is -0.388. The molecule has 144 valence electrons. The lowest BCUT2D eigenvalue weighted by Gasteiger charge is -2.14. The Morgan fingerprint density at radius 3 is 2.81 bits per heavy atom. The van der Waals surface area contributed by atoms with Crippen LogP contribution in [0, 0.1) is 6.92 Å². The molecule has 2 aromatic heterocycles. The maximum atomic E-state index is 12.0. The lowest BCUT2D eigenvalue weighted by atomic mass is 10.2. The molecule has 2 aromatic rings. The van der Waals surface area contributed by atoms with Gasteiger partial charge in [-0.15, -0.1) is 10.2 Å². The standard InChI is InChI=1S/C17H23N7O2S/c1-12-5-6-13(8-20-12)9-21-17(26)14(18)10-24(19)7-3-2-4-15-22-23-16(11-25)27-15/h5-6,8,10-11H,2-4,7,9,18-19H2,1H3,(H,21,26)/b14-10-. The van der Waals surface area contributed by atoms with E-state index in [1.165, 1.54) is 22.5 Å². The van der Waals surface area contributed by atoms with Crippen LogP contribution in [0.4, 0.5) is 0 Å². The summed E-state index contributed by atoms with van der Waals surface area (Å²) in [4.78, 5) is 26.8. The number of aromatic nitrogens is 3. The smallest absolute Gasteiger partial charge is 0.268 e. The van der Waals surface area contributed by atoms with E-state index in [-0.39, 0.29) is 11.6 Å². The van der Waals surface area contributed by atoms with E-state index >= 15 is 0 Å². The molecule has 10 heteroatoms. The van der Waals surface area contributed by atoms with Crippen molar-refractivity contribution in [2.24, 2.45) is 11.6 Å². The summed E-state index contributed by atoms with van der Waals surface area (Å²) < 4.78 is 0. The predicted molar refractivity (Wildman–Crippen MR) is 102 cm³/mol. The van der Waals surface area contributed by atoms with Crippen LogP contribution in [-0.4, -0.2) is 38.9 Å². The highest BCUT2D eigenvalue weighted by atomic mass is 32.1. The number of pyridine rings is 1. The molecule has 0 aliphatic heterocycles. The molecule has 0 saturated heterocycles. The summed E-state index contributed by atoms with van der Waals surface area (Å²) in [5, 5.41) is 13.0. The molecule has 0 aromatic carbocycles. The van der Waals surface area contributed by atoms with Crippen molar-refractivity contribution in [3.05, 3.63) is 51.5 Å². The van der Waals surface area contributed by atoms with Crippen LogP contribution >= 0.6 is 11.3 Å². The van der Waals surface area contributed by atoms with E-state index in [2.05, 4.69) is 20.5 Å². The maximum absolute atomic E-state index is 12.0. The van der Waals surface area contributed by atoms with E-state index in [0.29, 0.717) is 24.4 Å². The molecule has 9 nitrogen and oxygen atoms in total. The Morgan fingerprint density at radius 1 is 1.33 bits per heavy atom. The zero-order valence-corrected chi connectivity index (χ0v) is 15.9. The van der Waals surface area contributed by atoms with Gasteiger partial charge in [0.2, 0.25) is 0 Å². The van der Waals surface area contributed by atoms with Crippen LogP contribution in [0.1, 0.15) is 38.9 Å². The molecule has 0 saturated carbocycles. The topological polar surface area (TPSA) is 140 Å². The zero-order chi connectivity index (χ0) is 19.6. The Kier molecular flexibility index (Phi) is 7.83. The number of hydrogen-bond acceptors (Lipinski definition) is 9. The fraction of sp³-hybridized carbons (Fsp3) is 0.353. The van der Waals surface area contributed by atoms with Crippen LogP contribution in [-0.2, 0) is 17.8 Å². The van der Waals surface area contributed by atoms with E-state index < -0.39 is 0 Å². The molecule has 27 heavy (non-hydrogen) atoms. The van der Waals surface area contributed by atoms with Crippen molar-refractivity contribution in [1.82, 2.24) is 25.5 Å². The molecular weight excluding hydrogens is 366 g/mol. The molecule has 5 N–H and O–H groups in total. The molecule has 0 unspecified atom stereocenters. The van der Waals surface area contributed by atoms with Crippen LogP contribution in [0.5, 0.6) is 0 Å². The summed E-state index contributed by atoms with van der Waals surface area (Å²) in [6, 6.07) is 3.78. The highest BCUT2D eigenvalue weighted by molar-refractivity contribution is 7.12. The average Bonchev–Trinajstić information content (AvgIpc) is 3.12. The van der Waals surface area contributed by atoms with Crippen molar-refractivity contribution in [3.63, 3.8) is 0 Å². The quantitative estimate of drug-likeness (QED) is 0.177. The first kappa shape index (κ1) is 20.5. The van der Waals surface area contributed by atoms with Crippen LogP contribution in [0.15, 0.2) is 30.2 Å². The van der Waals surface area contributed by atoms with Crippen molar-refractivity contribution >= 4 is 23.5 Å². The second kappa shape index (κ2) is 10.3. The second-order valence-corrected chi connectivity index (χ2v) is 7.02. The summed E-state index contributed by atoms with van der Waals surface area (Å²) in [5.74, 6) is 5.47. The van der Waals surface area contributed by atoms with Crippen LogP contribution in [0.25, 0.3) is 0 Å². The van der Waals surface area contributed by atoms with Crippen LogP contribution in [0.3, 0.4) is 0 Å². The molecule has 1 amide bonds. The SMILES string of the molecule is Cc1ccc(CNC(=O)/C(N)=C/N(N)CCCCc2nnc(C=O)s2)cn1. The highest BCUT2D eigenvalue weighted by Crippen LogP contribution is 2.10. The largest absolute Gasteiger partial charge is 0.393 e. The van der Waals surface area contributed by atoms with Gasteiger partial charge in [0.15, 0.2) is 11.3 Å². The van der Waals surface area contributed by atoms with E-state index in [0.717, 1.165) is 35.5 Å². The lowest BCUT2D eigenvalue weighted by Crippen LogP contribution is -2.33. The van der Waals surface area contributed by atoms with Crippen LogP contribution in [0.2, 0.25) is 0 Å². The molecule has 0 aliphatic carbocycles. The number of nitrogens with zero attached hydrogens (tertiary/aromatic N) is 4. The minimum Gasteiger partial charge on any atom is -0.393 e. The third-order valence-electron chi connectivity index (χ3n) is 3.63. The Hall–Kier alpha value is -2.85. The number of aldehydes is 1. The first-order valence-electron chi connectivity index (χ1n) is 8.44. The molecule has 0 fully saturated rings. The Labute approximate surface area is 161 Å². The van der Waals surface area contributed by atoms with Gasteiger partial charge in [-0.05, 0) is 31.4 Å². The van der Waals surface area contributed by atoms with Gasteiger partial charge in [-0.1, -0.05) is 17.4 Å². The van der Waals surface area contributed by atoms with Gasteiger partial charge in [-0.3, -0.25) is 14.6 Å². The maximum Gasteiger partial charge on any atom is 0.268 e. The first-order chi connectivity index (χ1) is 13.0. The average molecular weight is 389 g/mol. The third-order valence-corrected chi connectivity index (χ3v) is 4.54. The van der Waals surface area contributed by atoms with Gasteiger partial charge in [-0.25, -0.2) is 5.84 Å². The summed E-state index contributed by atoms with van der Waals surface area (Å²) >= 11 is 1.29. The molecule has 0 spiro atoms. The summed E-state index contributed by atoms with van der Waals surface area (Å²) in [6.45, 7) is 2.78. The number of nitrogens with two attached hydrogens (primary N) is 2. The van der Waals surface area contributed by atoms with Gasteiger partial charge < -0.3 is 16.1 Å². The van der Waals surface area contributed by atoms with Gasteiger partial charge in [-0.2, -0.15) is 0 Å². The third kappa shape index (κ3) is 7.12. The van der Waals surface area contributed by atoms with Crippen molar-refractivity contribution in [2.75, 3.05) is 6.54 Å². The van der Waals surface area contributed by atoms with Gasteiger partial charge in [0, 0.05) is 37.6 Å². The zero-order valence-electron chi connectivity index (χ0n) is 15.1. The number of aryl methyl sites for hydroxylation is 2. The summed E-state index contributed by atoms with van der Waals surface area (Å²) in [5.41, 5.74) is 7.63. The molecule has 0 aliphatic rings. The molecule has 0 atom stereocenters. The number of amides is 1. The molecular formula is C17H23N7O2S. The number of unbranched alkanes of at least 4 members (excludes halogenated alkanes) is 1. The van der Waals surface area contributed by atoms with E-state index in [1.54, 1.807) is 6.20 Å². The van der Waals surface area contributed by atoms with Crippen molar-refractivity contribution in [1.29, 1.82) is 0 Å². The van der Waals surface area contributed by atoms with E-state index in [1.807, 2.05) is 19.1 Å². The number of hydrogen-bond donors (Lipinski definition) is 3. The van der Waals surface area contributed by atoms with Crippen molar-refractivity contribution < 1.29 is 9.59 Å². The lowest BCUT2D eigenvalue weighted by molar-refractivity contribution is -0.117. The Morgan fingerprint density at radius 2 is 2.15 bits per heavy atom. The Balaban J connectivity index is 1.69. The van der Waals surface area contributed by atoms with Gasteiger partial charge in [0.25, 0.3) is 5.91 Å². The number of carbonyl (C=O) groups excluding carboxylic acids is 2. The minimum absolute atomic E-state index is 0.0392. The fourth-order valence-electron chi connectivity index (χ4n) is 2.18. The number of rotatable bonds is 10. The van der Waals surface area contributed by atoms with Crippen molar-refractivity contribution in [3.8, 4) is 0 Å². The normalized spacial score (nSPS) is 11.3. The predicted octanol–water partition coefficient (Wildman–Crippen LogP) is 0.669. The van der Waals surface area contributed by atoms with E-state index in [4.69, 9.17) is 11.6 Å². The number of nitrogens with one attached hydrogen (secondary N) is 1. The van der Waals surface area contributed by atoms with Gasteiger partial charge >= 0.3 is 0 Å².